The second-order valence-corrected chi connectivity index (χ2v) is 6.71. The average molecular weight is 462 g/mol. The molecule has 0 saturated heterocycles. The fraction of sp³-hybridized carbons (Fsp3) is 0.118. The monoisotopic (exact) mass is 462 g/mol. The van der Waals surface area contributed by atoms with Gasteiger partial charge in [-0.1, -0.05) is 6.07 Å². The van der Waals surface area contributed by atoms with Crippen molar-refractivity contribution in [3.8, 4) is 0 Å². The summed E-state index contributed by atoms with van der Waals surface area (Å²) >= 11 is 2.02. The third-order valence-electron chi connectivity index (χ3n) is 3.84. The van der Waals surface area contributed by atoms with E-state index in [0.717, 1.165) is 21.8 Å². The number of primary amides is 1. The lowest BCUT2D eigenvalue weighted by molar-refractivity contribution is -0.138. The first-order valence-corrected chi connectivity index (χ1v) is 8.19. The zero-order chi connectivity index (χ0) is 18.4. The van der Waals surface area contributed by atoms with Gasteiger partial charge in [0.1, 0.15) is 5.82 Å². The zero-order valence-electron chi connectivity index (χ0n) is 12.6. The van der Waals surface area contributed by atoms with E-state index in [2.05, 4.69) is 0 Å². The number of rotatable bonds is 3. The third kappa shape index (κ3) is 3.35. The first-order chi connectivity index (χ1) is 11.7. The van der Waals surface area contributed by atoms with Crippen LogP contribution in [0.15, 0.2) is 42.6 Å². The minimum atomic E-state index is -4.68. The maximum Gasteiger partial charge on any atom is 0.416 e. The Morgan fingerprint density at radius 1 is 1.20 bits per heavy atom. The Bertz CT molecular complexity index is 979. The number of amides is 1. The second kappa shape index (κ2) is 6.32. The molecule has 8 heteroatoms. The van der Waals surface area contributed by atoms with Gasteiger partial charge < -0.3 is 10.3 Å². The summed E-state index contributed by atoms with van der Waals surface area (Å²) in [6.45, 7) is -0.369. The molecule has 0 saturated carbocycles. The summed E-state index contributed by atoms with van der Waals surface area (Å²) in [5, 5.41) is 0.644. The molecule has 3 nitrogen and oxygen atoms in total. The van der Waals surface area contributed by atoms with Crippen molar-refractivity contribution in [2.75, 3.05) is 0 Å². The van der Waals surface area contributed by atoms with E-state index in [-0.39, 0.29) is 12.1 Å². The van der Waals surface area contributed by atoms with Crippen molar-refractivity contribution in [1.29, 1.82) is 0 Å². The van der Waals surface area contributed by atoms with Crippen molar-refractivity contribution in [3.63, 3.8) is 0 Å². The Labute approximate surface area is 153 Å². The molecule has 3 rings (SSSR count). The highest BCUT2D eigenvalue weighted by Gasteiger charge is 2.34. The first-order valence-electron chi connectivity index (χ1n) is 7.11. The van der Waals surface area contributed by atoms with Crippen LogP contribution in [0, 0.1) is 9.39 Å². The summed E-state index contributed by atoms with van der Waals surface area (Å²) in [5.41, 5.74) is 4.42. The molecule has 2 N–H and O–H groups in total. The van der Waals surface area contributed by atoms with E-state index < -0.39 is 29.0 Å². The molecule has 130 valence electrons. The third-order valence-corrected chi connectivity index (χ3v) is 4.47. The van der Waals surface area contributed by atoms with E-state index in [4.69, 9.17) is 5.73 Å². The summed E-state index contributed by atoms with van der Waals surface area (Å²) in [6, 6.07) is 7.81. The fourth-order valence-corrected chi connectivity index (χ4v) is 3.43. The molecule has 1 heterocycles. The number of nitrogens with zero attached hydrogens (tertiary/aromatic N) is 1. The van der Waals surface area contributed by atoms with E-state index in [1.165, 1.54) is 10.8 Å². The molecule has 0 radical (unpaired) electrons. The lowest BCUT2D eigenvalue weighted by Crippen LogP contribution is -2.16. The van der Waals surface area contributed by atoms with Crippen LogP contribution in [0.1, 0.15) is 21.5 Å². The molecule has 3 aromatic rings. The Morgan fingerprint density at radius 3 is 2.56 bits per heavy atom. The van der Waals surface area contributed by atoms with Crippen LogP contribution in [0.3, 0.4) is 0 Å². The predicted octanol–water partition coefficient (Wildman–Crippen LogP) is 4.55. The molecule has 0 spiro atoms. The summed E-state index contributed by atoms with van der Waals surface area (Å²) in [4.78, 5) is 11.7. The van der Waals surface area contributed by atoms with Crippen LogP contribution in [0.5, 0.6) is 0 Å². The van der Waals surface area contributed by atoms with Gasteiger partial charge in [-0.05, 0) is 52.9 Å². The highest BCUT2D eigenvalue weighted by molar-refractivity contribution is 14.1. The van der Waals surface area contributed by atoms with E-state index in [1.54, 1.807) is 18.2 Å². The van der Waals surface area contributed by atoms with Crippen molar-refractivity contribution < 1.29 is 22.4 Å². The Kier molecular flexibility index (Phi) is 4.48. The van der Waals surface area contributed by atoms with Crippen molar-refractivity contribution >= 4 is 39.4 Å². The quantitative estimate of drug-likeness (QED) is 0.451. The number of hydrogen-bond acceptors (Lipinski definition) is 1. The highest BCUT2D eigenvalue weighted by atomic mass is 127. The van der Waals surface area contributed by atoms with Crippen LogP contribution < -0.4 is 5.73 Å². The van der Waals surface area contributed by atoms with Gasteiger partial charge in [0, 0.05) is 20.7 Å². The van der Waals surface area contributed by atoms with Crippen LogP contribution in [0.25, 0.3) is 10.9 Å². The van der Waals surface area contributed by atoms with Gasteiger partial charge in [-0.25, -0.2) is 4.39 Å². The lowest BCUT2D eigenvalue weighted by Gasteiger charge is -2.15. The summed E-state index contributed by atoms with van der Waals surface area (Å²) < 4.78 is 55.8. The van der Waals surface area contributed by atoms with Crippen LogP contribution >= 0.6 is 22.6 Å². The zero-order valence-corrected chi connectivity index (χ0v) is 14.7. The first kappa shape index (κ1) is 17.7. The Hall–Kier alpha value is -2.10. The topological polar surface area (TPSA) is 48.0 Å². The second-order valence-electron chi connectivity index (χ2n) is 5.46. The fourth-order valence-electron chi connectivity index (χ4n) is 2.79. The molecule has 0 aliphatic heterocycles. The van der Waals surface area contributed by atoms with Gasteiger partial charge in [0.25, 0.3) is 5.91 Å². The van der Waals surface area contributed by atoms with Crippen molar-refractivity contribution in [3.05, 3.63) is 68.7 Å². The molecule has 0 fully saturated rings. The molecule has 0 aliphatic carbocycles. The maximum absolute atomic E-state index is 14.1. The summed E-state index contributed by atoms with van der Waals surface area (Å²) in [6.07, 6.45) is -3.16. The highest BCUT2D eigenvalue weighted by Crippen LogP contribution is 2.34. The lowest BCUT2D eigenvalue weighted by atomic mass is 10.1. The molecule has 0 bridgehead atoms. The van der Waals surface area contributed by atoms with Gasteiger partial charge in [0.05, 0.1) is 23.2 Å². The smallest absolute Gasteiger partial charge is 0.366 e. The molecule has 1 aromatic heterocycles. The molecule has 0 aliphatic rings. The number of hydrogen-bond donors (Lipinski definition) is 1. The average Bonchev–Trinajstić information content (AvgIpc) is 2.90. The molecule has 0 atom stereocenters. The van der Waals surface area contributed by atoms with Crippen LogP contribution in [-0.4, -0.2) is 10.5 Å². The summed E-state index contributed by atoms with van der Waals surface area (Å²) in [5.74, 6) is -1.66. The predicted molar refractivity (Wildman–Crippen MR) is 93.7 cm³/mol. The van der Waals surface area contributed by atoms with Gasteiger partial charge in [-0.3, -0.25) is 4.79 Å². The molecular formula is C17H11F4IN2O. The molecule has 25 heavy (non-hydrogen) atoms. The number of carbonyl (C=O) groups excluding carboxylic acids is 1. The minimum Gasteiger partial charge on any atom is -0.366 e. The van der Waals surface area contributed by atoms with E-state index in [1.807, 2.05) is 22.6 Å². The number of aromatic nitrogens is 1. The number of benzene rings is 2. The molecular weight excluding hydrogens is 451 g/mol. The number of fused-ring (bicyclic) bond motifs is 1. The van der Waals surface area contributed by atoms with Crippen molar-refractivity contribution in [2.45, 2.75) is 12.7 Å². The molecule has 2 aromatic carbocycles. The van der Waals surface area contributed by atoms with E-state index >= 15 is 0 Å². The van der Waals surface area contributed by atoms with E-state index in [9.17, 15) is 22.4 Å². The van der Waals surface area contributed by atoms with Gasteiger partial charge >= 0.3 is 6.18 Å². The number of alkyl halides is 3. The van der Waals surface area contributed by atoms with E-state index in [0.29, 0.717) is 10.9 Å². The number of nitrogens with two attached hydrogens (primary N) is 1. The minimum absolute atomic E-state index is 0.178. The molecule has 1 amide bonds. The Balaban J connectivity index is 2.20. The van der Waals surface area contributed by atoms with Gasteiger partial charge in [0.15, 0.2) is 0 Å². The van der Waals surface area contributed by atoms with Crippen molar-refractivity contribution in [2.24, 2.45) is 5.73 Å². The van der Waals surface area contributed by atoms with Crippen molar-refractivity contribution in [1.82, 2.24) is 4.57 Å². The van der Waals surface area contributed by atoms with Gasteiger partial charge in [-0.2, -0.15) is 13.2 Å². The van der Waals surface area contributed by atoms with Crippen LogP contribution in [0.2, 0.25) is 0 Å². The Morgan fingerprint density at radius 2 is 1.92 bits per heavy atom. The standard InChI is InChI=1S/C17H11F4IN2O/c18-14-3-1-2-13(17(19,20)21)12(14)8-24-5-4-9-6-10(22)7-11(15(9)24)16(23)25/h1-7H,8H2,(H2,23,25). The number of carbonyl (C=O) groups is 1. The normalized spacial score (nSPS) is 11.9. The maximum atomic E-state index is 14.1. The van der Waals surface area contributed by atoms with Crippen LogP contribution in [0.4, 0.5) is 17.6 Å². The summed E-state index contributed by atoms with van der Waals surface area (Å²) in [7, 11) is 0. The van der Waals surface area contributed by atoms with Crippen LogP contribution in [-0.2, 0) is 12.7 Å². The molecule has 0 unspecified atom stereocenters. The van der Waals surface area contributed by atoms with Gasteiger partial charge in [-0.15, -0.1) is 0 Å². The SMILES string of the molecule is NC(=O)c1cc(I)cc2ccn(Cc3c(F)cccc3C(F)(F)F)c12. The van der Waals surface area contributed by atoms with Gasteiger partial charge in [0.2, 0.25) is 0 Å². The number of halogens is 5. The largest absolute Gasteiger partial charge is 0.416 e.